The van der Waals surface area contributed by atoms with Crippen molar-refractivity contribution >= 4 is 16.8 Å². The lowest BCUT2D eigenvalue weighted by Gasteiger charge is -2.31. The lowest BCUT2D eigenvalue weighted by Crippen LogP contribution is -2.42. The lowest BCUT2D eigenvalue weighted by molar-refractivity contribution is -0.0495. The molecular formula is C21H27F2N3O2. The molecule has 0 bridgehead atoms. The molecule has 2 aliphatic heterocycles. The van der Waals surface area contributed by atoms with Gasteiger partial charge in [0.25, 0.3) is 11.8 Å². The molecule has 1 amide bonds. The highest BCUT2D eigenvalue weighted by molar-refractivity contribution is 5.98. The number of aromatic amines is 1. The van der Waals surface area contributed by atoms with Gasteiger partial charge in [0.1, 0.15) is 17.5 Å². The van der Waals surface area contributed by atoms with Gasteiger partial charge in [0.15, 0.2) is 0 Å². The van der Waals surface area contributed by atoms with Gasteiger partial charge in [-0.3, -0.25) is 9.69 Å². The van der Waals surface area contributed by atoms with Crippen molar-refractivity contribution in [3.05, 3.63) is 30.0 Å². The van der Waals surface area contributed by atoms with E-state index in [1.54, 1.807) is 6.07 Å². The van der Waals surface area contributed by atoms with Crippen molar-refractivity contribution in [2.45, 2.75) is 51.2 Å². The van der Waals surface area contributed by atoms with Gasteiger partial charge in [-0.2, -0.15) is 0 Å². The Morgan fingerprint density at radius 3 is 2.64 bits per heavy atom. The van der Waals surface area contributed by atoms with Crippen LogP contribution in [0, 0.1) is 0 Å². The minimum absolute atomic E-state index is 0.0869. The first-order valence-electron chi connectivity index (χ1n) is 10.0. The van der Waals surface area contributed by atoms with Crippen molar-refractivity contribution < 1.29 is 18.3 Å². The number of nitrogens with one attached hydrogen (secondary N) is 1. The molecule has 2 fully saturated rings. The Kier molecular flexibility index (Phi) is 5.04. The summed E-state index contributed by atoms with van der Waals surface area (Å²) >= 11 is 0. The van der Waals surface area contributed by atoms with Gasteiger partial charge in [0, 0.05) is 56.0 Å². The molecular weight excluding hydrogens is 364 g/mol. The molecule has 0 radical (unpaired) electrons. The van der Waals surface area contributed by atoms with E-state index in [9.17, 15) is 13.6 Å². The highest BCUT2D eigenvalue weighted by Crippen LogP contribution is 2.29. The Hall–Kier alpha value is -2.15. The van der Waals surface area contributed by atoms with Gasteiger partial charge in [-0.1, -0.05) is 0 Å². The van der Waals surface area contributed by atoms with Gasteiger partial charge < -0.3 is 14.6 Å². The molecule has 152 valence electrons. The molecule has 2 aliphatic rings. The van der Waals surface area contributed by atoms with Crippen molar-refractivity contribution in [3.63, 3.8) is 0 Å². The summed E-state index contributed by atoms with van der Waals surface area (Å²) in [6.45, 7) is 6.52. The summed E-state index contributed by atoms with van der Waals surface area (Å²) in [6, 6.07) is 8.05. The zero-order chi connectivity index (χ0) is 19.9. The van der Waals surface area contributed by atoms with Crippen LogP contribution in [0.3, 0.4) is 0 Å². The first kappa shape index (κ1) is 19.2. The molecule has 5 nitrogen and oxygen atoms in total. The van der Waals surface area contributed by atoms with E-state index in [-0.39, 0.29) is 37.9 Å². The van der Waals surface area contributed by atoms with Crippen LogP contribution in [0.5, 0.6) is 5.75 Å². The number of H-pyrrole nitrogens is 1. The highest BCUT2D eigenvalue weighted by Gasteiger charge is 2.36. The van der Waals surface area contributed by atoms with Gasteiger partial charge in [-0.25, -0.2) is 8.78 Å². The largest absolute Gasteiger partial charge is 0.489 e. The van der Waals surface area contributed by atoms with E-state index < -0.39 is 5.92 Å². The van der Waals surface area contributed by atoms with E-state index in [1.807, 2.05) is 18.2 Å². The number of alkyl halides is 2. The smallest absolute Gasteiger partial charge is 0.270 e. The number of fused-ring (bicyclic) bond motifs is 1. The average molecular weight is 391 g/mol. The molecule has 2 aromatic rings. The summed E-state index contributed by atoms with van der Waals surface area (Å²) < 4.78 is 32.8. The monoisotopic (exact) mass is 391 g/mol. The van der Waals surface area contributed by atoms with Crippen molar-refractivity contribution in [1.29, 1.82) is 0 Å². The fourth-order valence-corrected chi connectivity index (χ4v) is 4.02. The Morgan fingerprint density at radius 2 is 1.96 bits per heavy atom. The third-order valence-electron chi connectivity index (χ3n) is 5.81. The van der Waals surface area contributed by atoms with Crippen molar-refractivity contribution in [2.75, 3.05) is 26.2 Å². The minimum atomic E-state index is -2.66. The van der Waals surface area contributed by atoms with E-state index in [2.05, 4.69) is 23.7 Å². The first-order valence-corrected chi connectivity index (χ1v) is 10.0. The Balaban J connectivity index is 1.44. The molecule has 28 heavy (non-hydrogen) atoms. The number of likely N-dealkylation sites (tertiary alicyclic amines) is 2. The predicted octanol–water partition coefficient (Wildman–Crippen LogP) is 3.90. The number of rotatable bonds is 4. The Morgan fingerprint density at radius 1 is 1.21 bits per heavy atom. The van der Waals surface area contributed by atoms with Crippen molar-refractivity contribution in [2.24, 2.45) is 0 Å². The second-order valence-corrected chi connectivity index (χ2v) is 8.20. The predicted molar refractivity (Wildman–Crippen MR) is 104 cm³/mol. The number of ether oxygens (including phenoxy) is 1. The quantitative estimate of drug-likeness (QED) is 0.860. The summed E-state index contributed by atoms with van der Waals surface area (Å²) in [5, 5.41) is 0.891. The number of nitrogens with zero attached hydrogens (tertiary/aromatic N) is 2. The van der Waals surface area contributed by atoms with Crippen LogP contribution in [0.25, 0.3) is 10.9 Å². The first-order chi connectivity index (χ1) is 13.3. The van der Waals surface area contributed by atoms with Crippen LogP contribution in [0.2, 0.25) is 0 Å². The average Bonchev–Trinajstić information content (AvgIpc) is 3.28. The number of piperidine rings is 1. The van der Waals surface area contributed by atoms with E-state index >= 15 is 0 Å². The zero-order valence-electron chi connectivity index (χ0n) is 16.4. The fourth-order valence-electron chi connectivity index (χ4n) is 4.02. The van der Waals surface area contributed by atoms with Crippen LogP contribution in [0.4, 0.5) is 8.78 Å². The number of carbonyl (C=O) groups is 1. The third kappa shape index (κ3) is 3.99. The second kappa shape index (κ2) is 7.35. The molecule has 0 aliphatic carbocycles. The molecule has 4 rings (SSSR count). The molecule has 0 unspecified atom stereocenters. The van der Waals surface area contributed by atoms with Crippen LogP contribution >= 0.6 is 0 Å². The maximum Gasteiger partial charge on any atom is 0.270 e. The summed E-state index contributed by atoms with van der Waals surface area (Å²) in [6.07, 6.45) is 0.638. The molecule has 3 heterocycles. The number of hydrogen-bond donors (Lipinski definition) is 1. The van der Waals surface area contributed by atoms with Crippen LogP contribution < -0.4 is 4.74 Å². The maximum atomic E-state index is 13.3. The normalized spacial score (nSPS) is 22.9. The number of aromatic nitrogens is 1. The Labute approximate surface area is 163 Å². The molecule has 1 aromatic carbocycles. The SMILES string of the molecule is CC(C)N1CC[C@H](Oc2ccc3[nH]c(C(=O)N4CCC(F)(F)CC4)cc3c2)C1. The molecule has 0 saturated carbocycles. The number of benzene rings is 1. The number of hydrogen-bond acceptors (Lipinski definition) is 3. The van der Waals surface area contributed by atoms with E-state index in [4.69, 9.17) is 4.74 Å². The van der Waals surface area contributed by atoms with Crippen LogP contribution in [0.15, 0.2) is 24.3 Å². The zero-order valence-corrected chi connectivity index (χ0v) is 16.4. The Bertz CT molecular complexity index is 854. The van der Waals surface area contributed by atoms with Crippen molar-refractivity contribution in [1.82, 2.24) is 14.8 Å². The van der Waals surface area contributed by atoms with Gasteiger partial charge in [0.05, 0.1) is 0 Å². The van der Waals surface area contributed by atoms with Crippen LogP contribution in [0.1, 0.15) is 43.6 Å². The third-order valence-corrected chi connectivity index (χ3v) is 5.81. The van der Waals surface area contributed by atoms with Crippen molar-refractivity contribution in [3.8, 4) is 5.75 Å². The number of halogens is 2. The molecule has 7 heteroatoms. The number of carbonyl (C=O) groups excluding carboxylic acids is 1. The van der Waals surface area contributed by atoms with Gasteiger partial charge in [-0.05, 0) is 44.5 Å². The van der Waals surface area contributed by atoms with Gasteiger partial charge >= 0.3 is 0 Å². The summed E-state index contributed by atoms with van der Waals surface area (Å²) in [5.41, 5.74) is 1.28. The maximum absolute atomic E-state index is 13.3. The van der Waals surface area contributed by atoms with Gasteiger partial charge in [-0.15, -0.1) is 0 Å². The summed E-state index contributed by atoms with van der Waals surface area (Å²) in [5.74, 6) is -2.09. The molecule has 1 atom stereocenters. The summed E-state index contributed by atoms with van der Waals surface area (Å²) in [4.78, 5) is 19.7. The standard InChI is InChI=1S/C21H27F2N3O2/c1-14(2)26-8-5-17(13-26)28-16-3-4-18-15(11-16)12-19(24-18)20(27)25-9-6-21(22,23)7-10-25/h3-4,11-12,14,17,24H,5-10,13H2,1-2H3/t17-/m0/s1. The van der Waals surface area contributed by atoms with Crippen LogP contribution in [-0.2, 0) is 0 Å². The van der Waals surface area contributed by atoms with E-state index in [1.165, 1.54) is 4.90 Å². The summed E-state index contributed by atoms with van der Waals surface area (Å²) in [7, 11) is 0. The second-order valence-electron chi connectivity index (χ2n) is 8.20. The molecule has 1 aromatic heterocycles. The highest BCUT2D eigenvalue weighted by atomic mass is 19.3. The topological polar surface area (TPSA) is 48.6 Å². The van der Waals surface area contributed by atoms with Gasteiger partial charge in [0.2, 0.25) is 0 Å². The minimum Gasteiger partial charge on any atom is -0.489 e. The van der Waals surface area contributed by atoms with E-state index in [0.29, 0.717) is 11.7 Å². The number of amides is 1. The molecule has 1 N–H and O–H groups in total. The van der Waals surface area contributed by atoms with E-state index in [0.717, 1.165) is 36.2 Å². The molecule has 2 saturated heterocycles. The van der Waals surface area contributed by atoms with Crippen LogP contribution in [-0.4, -0.2) is 64.9 Å². The fraction of sp³-hybridized carbons (Fsp3) is 0.571. The lowest BCUT2D eigenvalue weighted by atomic mass is 10.1. The molecule has 0 spiro atoms.